The minimum absolute atomic E-state index is 0.0399. The second-order valence-corrected chi connectivity index (χ2v) is 8.91. The van der Waals surface area contributed by atoms with E-state index < -0.39 is 5.78 Å². The first-order chi connectivity index (χ1) is 17.4. The Morgan fingerprint density at radius 2 is 0.972 bits per heavy atom. The molecule has 0 saturated carbocycles. The number of rotatable bonds is 4. The molecule has 0 aliphatic heterocycles. The Morgan fingerprint density at radius 1 is 0.583 bits per heavy atom. The summed E-state index contributed by atoms with van der Waals surface area (Å²) in [5.41, 5.74) is 5.31. The molecule has 0 unspecified atom stereocenters. The fraction of sp³-hybridized carbons (Fsp3) is 0.0645. The highest BCUT2D eigenvalue weighted by Gasteiger charge is 2.28. The molecule has 4 aromatic carbocycles. The minimum Gasteiger partial charge on any atom is -0.507 e. The lowest BCUT2D eigenvalue weighted by atomic mass is 10.0. The number of hydrogen-bond donors (Lipinski definition) is 2. The zero-order valence-corrected chi connectivity index (χ0v) is 19.7. The summed E-state index contributed by atoms with van der Waals surface area (Å²) in [6, 6.07) is 26.3. The van der Waals surface area contributed by atoms with E-state index in [-0.39, 0.29) is 23.0 Å². The highest BCUT2D eigenvalue weighted by molar-refractivity contribution is 6.13. The van der Waals surface area contributed by atoms with E-state index in [0.717, 1.165) is 22.3 Å². The molecule has 0 aliphatic carbocycles. The lowest BCUT2D eigenvalue weighted by Crippen LogP contribution is -2.01. The van der Waals surface area contributed by atoms with Crippen molar-refractivity contribution in [2.24, 2.45) is 0 Å². The number of carbonyl (C=O) groups is 1. The van der Waals surface area contributed by atoms with Crippen molar-refractivity contribution in [3.05, 3.63) is 108 Å². The molecule has 5 nitrogen and oxygen atoms in total. The van der Waals surface area contributed by atoms with Crippen LogP contribution in [0.5, 0.6) is 11.5 Å². The Bertz CT molecular complexity index is 1640. The largest absolute Gasteiger partial charge is 0.507 e. The average molecular weight is 475 g/mol. The first kappa shape index (κ1) is 21.7. The van der Waals surface area contributed by atoms with Crippen LogP contribution in [0.15, 0.2) is 93.8 Å². The van der Waals surface area contributed by atoms with Crippen LogP contribution in [0.4, 0.5) is 0 Å². The van der Waals surface area contributed by atoms with Gasteiger partial charge in [0.1, 0.15) is 22.7 Å². The lowest BCUT2D eigenvalue weighted by molar-refractivity contribution is 0.0985. The van der Waals surface area contributed by atoms with Gasteiger partial charge in [0.15, 0.2) is 11.5 Å². The highest BCUT2D eigenvalue weighted by Crippen LogP contribution is 2.40. The van der Waals surface area contributed by atoms with Gasteiger partial charge >= 0.3 is 0 Å². The maximum Gasteiger partial charge on any atom is 0.263 e. The quantitative estimate of drug-likeness (QED) is 0.255. The van der Waals surface area contributed by atoms with Crippen LogP contribution in [0.25, 0.3) is 44.2 Å². The SMILES string of the molecule is Cc1c(C(=O)c2oc3cc(-c4ccccc4)cc(O)c3c2C)oc2cc(-c3ccccc3)cc(O)c12. The molecule has 2 heterocycles. The number of phenols is 2. The molecule has 2 N–H and O–H groups in total. The number of carbonyl (C=O) groups excluding carboxylic acids is 1. The van der Waals surface area contributed by atoms with Crippen molar-refractivity contribution in [1.29, 1.82) is 0 Å². The van der Waals surface area contributed by atoms with Crippen molar-refractivity contribution in [2.45, 2.75) is 13.8 Å². The Balaban J connectivity index is 1.47. The van der Waals surface area contributed by atoms with Gasteiger partial charge in [-0.25, -0.2) is 0 Å². The predicted octanol–water partition coefficient (Wildman–Crippen LogP) is 7.77. The van der Waals surface area contributed by atoms with E-state index in [1.54, 1.807) is 26.0 Å². The van der Waals surface area contributed by atoms with E-state index >= 15 is 0 Å². The maximum atomic E-state index is 13.6. The van der Waals surface area contributed by atoms with Crippen molar-refractivity contribution < 1.29 is 23.8 Å². The van der Waals surface area contributed by atoms with Crippen LogP contribution in [0, 0.1) is 13.8 Å². The molecule has 176 valence electrons. The molecule has 6 aromatic rings. The molecule has 0 saturated heterocycles. The predicted molar refractivity (Wildman–Crippen MR) is 140 cm³/mol. The number of phenolic OH excluding ortho intramolecular Hbond substituents is 2. The normalized spacial score (nSPS) is 11.4. The molecule has 0 amide bonds. The fourth-order valence-corrected chi connectivity index (χ4v) is 4.85. The molecule has 0 bridgehead atoms. The number of ketones is 1. The summed E-state index contributed by atoms with van der Waals surface area (Å²) in [5, 5.41) is 22.5. The van der Waals surface area contributed by atoms with Gasteiger partial charge < -0.3 is 19.0 Å². The molecule has 2 aromatic heterocycles. The van der Waals surface area contributed by atoms with Crippen LogP contribution < -0.4 is 0 Å². The lowest BCUT2D eigenvalue weighted by Gasteiger charge is -2.03. The Hall–Kier alpha value is -4.77. The van der Waals surface area contributed by atoms with E-state index in [2.05, 4.69) is 0 Å². The highest BCUT2D eigenvalue weighted by atomic mass is 16.4. The standard InChI is InChI=1S/C31H22O5/c1-17-27-23(32)13-21(19-9-5-3-6-10-19)15-25(27)35-30(17)29(34)31-18(2)28-24(33)14-22(16-26(28)36-31)20-11-7-4-8-12-20/h3-16,32-33H,1-2H3. The number of aromatic hydroxyl groups is 2. The van der Waals surface area contributed by atoms with Gasteiger partial charge in [-0.3, -0.25) is 4.79 Å². The zero-order chi connectivity index (χ0) is 25.0. The van der Waals surface area contributed by atoms with Crippen molar-refractivity contribution >= 4 is 27.7 Å². The van der Waals surface area contributed by atoms with Crippen LogP contribution in [0.3, 0.4) is 0 Å². The van der Waals surface area contributed by atoms with E-state index in [1.807, 2.05) is 72.8 Å². The van der Waals surface area contributed by atoms with E-state index in [1.165, 1.54) is 0 Å². The molecule has 5 heteroatoms. The maximum absolute atomic E-state index is 13.6. The van der Waals surface area contributed by atoms with Gasteiger partial charge in [-0.2, -0.15) is 0 Å². The number of fused-ring (bicyclic) bond motifs is 2. The summed E-state index contributed by atoms with van der Waals surface area (Å²) in [7, 11) is 0. The summed E-state index contributed by atoms with van der Waals surface area (Å²) in [5.74, 6) is -0.180. The molecular weight excluding hydrogens is 452 g/mol. The monoisotopic (exact) mass is 474 g/mol. The summed E-state index contributed by atoms with van der Waals surface area (Å²) in [6.07, 6.45) is 0. The van der Waals surface area contributed by atoms with E-state index in [4.69, 9.17) is 8.83 Å². The van der Waals surface area contributed by atoms with Gasteiger partial charge in [-0.1, -0.05) is 60.7 Å². The third-order valence-electron chi connectivity index (χ3n) is 6.64. The average Bonchev–Trinajstić information content (AvgIpc) is 3.41. The molecular formula is C31H22O5. The molecule has 0 fully saturated rings. The Morgan fingerprint density at radius 3 is 1.36 bits per heavy atom. The summed E-state index contributed by atoms with van der Waals surface area (Å²) in [6.45, 7) is 3.48. The zero-order valence-electron chi connectivity index (χ0n) is 19.7. The second kappa shape index (κ2) is 8.17. The smallest absolute Gasteiger partial charge is 0.263 e. The molecule has 0 radical (unpaired) electrons. The second-order valence-electron chi connectivity index (χ2n) is 8.91. The van der Waals surface area contributed by atoms with Crippen molar-refractivity contribution in [3.8, 4) is 33.8 Å². The molecule has 36 heavy (non-hydrogen) atoms. The Kier molecular flexibility index (Phi) is 4.93. The van der Waals surface area contributed by atoms with Crippen molar-refractivity contribution in [3.63, 3.8) is 0 Å². The van der Waals surface area contributed by atoms with Crippen molar-refractivity contribution in [2.75, 3.05) is 0 Å². The number of aryl methyl sites for hydroxylation is 2. The van der Waals surface area contributed by atoms with Gasteiger partial charge in [-0.15, -0.1) is 0 Å². The van der Waals surface area contributed by atoms with E-state index in [9.17, 15) is 15.0 Å². The van der Waals surface area contributed by atoms with Gasteiger partial charge in [0.05, 0.1) is 10.8 Å². The van der Waals surface area contributed by atoms with Gasteiger partial charge in [0, 0.05) is 11.1 Å². The van der Waals surface area contributed by atoms with E-state index in [0.29, 0.717) is 33.1 Å². The van der Waals surface area contributed by atoms with Crippen LogP contribution in [0.1, 0.15) is 27.4 Å². The van der Waals surface area contributed by atoms with Gasteiger partial charge in [0.2, 0.25) is 0 Å². The van der Waals surface area contributed by atoms with Crippen molar-refractivity contribution in [1.82, 2.24) is 0 Å². The first-order valence-electron chi connectivity index (χ1n) is 11.6. The third kappa shape index (κ3) is 3.36. The summed E-state index contributed by atoms with van der Waals surface area (Å²) < 4.78 is 12.0. The number of furan rings is 2. The van der Waals surface area contributed by atoms with Gasteiger partial charge in [0.25, 0.3) is 5.78 Å². The Labute approximate surface area is 206 Å². The molecule has 0 aliphatic rings. The topological polar surface area (TPSA) is 83.8 Å². The molecule has 0 atom stereocenters. The minimum atomic E-state index is -0.446. The molecule has 0 spiro atoms. The van der Waals surface area contributed by atoms with Crippen LogP contribution in [-0.4, -0.2) is 16.0 Å². The fourth-order valence-electron chi connectivity index (χ4n) is 4.85. The van der Waals surface area contributed by atoms with Crippen LogP contribution in [0.2, 0.25) is 0 Å². The number of hydrogen-bond acceptors (Lipinski definition) is 5. The van der Waals surface area contributed by atoms with Crippen LogP contribution >= 0.6 is 0 Å². The summed E-state index contributed by atoms with van der Waals surface area (Å²) >= 11 is 0. The van der Waals surface area contributed by atoms with Crippen LogP contribution in [-0.2, 0) is 0 Å². The first-order valence-corrected chi connectivity index (χ1v) is 11.6. The van der Waals surface area contributed by atoms with Gasteiger partial charge in [-0.05, 0) is 60.4 Å². The third-order valence-corrected chi connectivity index (χ3v) is 6.64. The number of benzene rings is 4. The summed E-state index contributed by atoms with van der Waals surface area (Å²) in [4.78, 5) is 13.6. The molecule has 6 rings (SSSR count).